The van der Waals surface area contributed by atoms with Gasteiger partial charge in [-0.3, -0.25) is 9.59 Å². The van der Waals surface area contributed by atoms with Crippen molar-refractivity contribution in [2.75, 3.05) is 26.2 Å². The third kappa shape index (κ3) is 4.82. The van der Waals surface area contributed by atoms with Gasteiger partial charge in [0.2, 0.25) is 11.8 Å². The molecule has 1 aromatic carbocycles. The highest BCUT2D eigenvalue weighted by Gasteiger charge is 2.26. The Labute approximate surface area is 183 Å². The van der Waals surface area contributed by atoms with Gasteiger partial charge in [0.15, 0.2) is 0 Å². The van der Waals surface area contributed by atoms with Gasteiger partial charge in [0.05, 0.1) is 24.2 Å². The fraction of sp³-hybridized carbons (Fsp3) is 0.364. The minimum Gasteiger partial charge on any atom is -0.361 e. The molecular weight excluding hydrogens is 419 g/mol. The molecule has 7 nitrogen and oxygen atoms in total. The molecule has 0 bridgehead atoms. The molecular formula is C22H23FN4O3S. The maximum absolute atomic E-state index is 13.4. The van der Waals surface area contributed by atoms with Crippen molar-refractivity contribution in [2.24, 2.45) is 0 Å². The fourth-order valence-electron chi connectivity index (χ4n) is 3.63. The number of nitrogens with zero attached hydrogens (tertiary/aromatic N) is 4. The summed E-state index contributed by atoms with van der Waals surface area (Å²) in [5.41, 5.74) is 2.95. The molecule has 0 aliphatic carbocycles. The van der Waals surface area contributed by atoms with E-state index in [1.54, 1.807) is 28.9 Å². The van der Waals surface area contributed by atoms with E-state index >= 15 is 0 Å². The fourth-order valence-corrected chi connectivity index (χ4v) is 4.45. The van der Waals surface area contributed by atoms with Crippen molar-refractivity contribution < 1.29 is 18.5 Å². The topological polar surface area (TPSA) is 79.5 Å². The van der Waals surface area contributed by atoms with Gasteiger partial charge in [-0.25, -0.2) is 9.37 Å². The Morgan fingerprint density at radius 3 is 2.39 bits per heavy atom. The molecule has 1 fully saturated rings. The number of aryl methyl sites for hydroxylation is 2. The Morgan fingerprint density at radius 2 is 1.77 bits per heavy atom. The zero-order valence-electron chi connectivity index (χ0n) is 17.4. The second kappa shape index (κ2) is 8.97. The minimum absolute atomic E-state index is 0.0146. The van der Waals surface area contributed by atoms with Gasteiger partial charge in [-0.15, -0.1) is 11.3 Å². The summed E-state index contributed by atoms with van der Waals surface area (Å²) in [6.07, 6.45) is 0.454. The van der Waals surface area contributed by atoms with Crippen molar-refractivity contribution >= 4 is 23.2 Å². The Hall–Kier alpha value is -3.07. The minimum atomic E-state index is -0.313. The lowest BCUT2D eigenvalue weighted by molar-refractivity contribution is -0.138. The Morgan fingerprint density at radius 1 is 1.10 bits per heavy atom. The molecule has 2 amide bonds. The zero-order chi connectivity index (χ0) is 22.0. The number of hydrogen-bond acceptors (Lipinski definition) is 6. The molecule has 3 aromatic rings. The van der Waals surface area contributed by atoms with E-state index in [0.29, 0.717) is 48.2 Å². The average molecular weight is 443 g/mol. The van der Waals surface area contributed by atoms with Crippen molar-refractivity contribution in [3.05, 3.63) is 58.2 Å². The number of carbonyl (C=O) groups is 2. The molecule has 0 radical (unpaired) electrons. The first-order chi connectivity index (χ1) is 14.9. The van der Waals surface area contributed by atoms with Gasteiger partial charge in [-0.05, 0) is 26.0 Å². The molecule has 1 aliphatic heterocycles. The number of rotatable bonds is 5. The molecule has 2 aromatic heterocycles. The van der Waals surface area contributed by atoms with Crippen molar-refractivity contribution in [2.45, 2.75) is 26.7 Å². The Bertz CT molecular complexity index is 1080. The number of thiazole rings is 1. The van der Waals surface area contributed by atoms with Gasteiger partial charge >= 0.3 is 0 Å². The van der Waals surface area contributed by atoms with Crippen molar-refractivity contribution in [3.8, 4) is 10.6 Å². The molecule has 4 rings (SSSR count). The first-order valence-corrected chi connectivity index (χ1v) is 11.0. The number of piperazine rings is 1. The van der Waals surface area contributed by atoms with Crippen LogP contribution in [0.2, 0.25) is 0 Å². The Balaban J connectivity index is 1.30. The summed E-state index contributed by atoms with van der Waals surface area (Å²) in [6, 6.07) is 6.26. The Kier molecular flexibility index (Phi) is 6.13. The summed E-state index contributed by atoms with van der Waals surface area (Å²) >= 11 is 1.39. The molecule has 1 saturated heterocycles. The highest BCUT2D eigenvalue weighted by atomic mass is 32.1. The average Bonchev–Trinajstić information content (AvgIpc) is 3.35. The van der Waals surface area contributed by atoms with Crippen LogP contribution in [0, 0.1) is 19.7 Å². The van der Waals surface area contributed by atoms with E-state index in [0.717, 1.165) is 11.3 Å². The van der Waals surface area contributed by atoms with E-state index in [2.05, 4.69) is 10.1 Å². The summed E-state index contributed by atoms with van der Waals surface area (Å²) in [4.78, 5) is 33.3. The molecule has 0 atom stereocenters. The molecule has 3 heterocycles. The van der Waals surface area contributed by atoms with Crippen LogP contribution >= 0.6 is 11.3 Å². The highest BCUT2D eigenvalue weighted by molar-refractivity contribution is 7.13. The predicted octanol–water partition coefficient (Wildman–Crippen LogP) is 3.01. The number of amides is 2. The van der Waals surface area contributed by atoms with Gasteiger partial charge in [0, 0.05) is 42.7 Å². The van der Waals surface area contributed by atoms with Crippen LogP contribution in [0.1, 0.15) is 22.7 Å². The molecule has 1 aliphatic rings. The largest absolute Gasteiger partial charge is 0.361 e. The third-order valence-corrected chi connectivity index (χ3v) is 6.39. The first-order valence-electron chi connectivity index (χ1n) is 10.1. The van der Waals surface area contributed by atoms with Crippen molar-refractivity contribution in [1.82, 2.24) is 19.9 Å². The van der Waals surface area contributed by atoms with Gasteiger partial charge in [-0.1, -0.05) is 17.3 Å². The lowest BCUT2D eigenvalue weighted by atomic mass is 10.1. The molecule has 0 spiro atoms. The van der Waals surface area contributed by atoms with Gasteiger partial charge in [0.25, 0.3) is 0 Å². The predicted molar refractivity (Wildman–Crippen MR) is 114 cm³/mol. The van der Waals surface area contributed by atoms with E-state index < -0.39 is 0 Å². The van der Waals surface area contributed by atoms with Crippen LogP contribution in [-0.2, 0) is 22.4 Å². The second-order valence-electron chi connectivity index (χ2n) is 7.57. The number of hydrogen-bond donors (Lipinski definition) is 0. The van der Waals surface area contributed by atoms with E-state index in [1.807, 2.05) is 12.3 Å². The van der Waals surface area contributed by atoms with Crippen LogP contribution in [0.15, 0.2) is 34.2 Å². The first kappa shape index (κ1) is 21.2. The van der Waals surface area contributed by atoms with E-state index in [-0.39, 0.29) is 30.5 Å². The number of carbonyl (C=O) groups excluding carboxylic acids is 2. The molecule has 31 heavy (non-hydrogen) atoms. The zero-order valence-corrected chi connectivity index (χ0v) is 18.2. The van der Waals surface area contributed by atoms with Crippen LogP contribution in [-0.4, -0.2) is 57.9 Å². The third-order valence-electron chi connectivity index (χ3n) is 5.45. The monoisotopic (exact) mass is 442 g/mol. The SMILES string of the molecule is Cc1noc(C)c1CC(=O)N1CCN(C(=O)Cc2csc(-c3cccc(F)c3)n2)CC1. The molecule has 162 valence electrons. The second-order valence-corrected chi connectivity index (χ2v) is 8.43. The van der Waals surface area contributed by atoms with E-state index in [4.69, 9.17) is 4.52 Å². The molecule has 0 saturated carbocycles. The molecule has 9 heteroatoms. The lowest BCUT2D eigenvalue weighted by Gasteiger charge is -2.34. The van der Waals surface area contributed by atoms with Gasteiger partial charge in [0.1, 0.15) is 16.6 Å². The molecule has 0 unspecified atom stereocenters. The summed E-state index contributed by atoms with van der Waals surface area (Å²) in [6.45, 7) is 5.62. The summed E-state index contributed by atoms with van der Waals surface area (Å²) in [7, 11) is 0. The van der Waals surface area contributed by atoms with Gasteiger partial charge in [-0.2, -0.15) is 0 Å². The van der Waals surface area contributed by atoms with Crippen molar-refractivity contribution in [3.63, 3.8) is 0 Å². The van der Waals surface area contributed by atoms with Crippen LogP contribution in [0.3, 0.4) is 0 Å². The standard InChI is InChI=1S/C22H23FN4O3S/c1-14-19(15(2)30-25-14)12-21(29)27-8-6-26(7-9-27)20(28)11-18-13-31-22(24-18)16-4-3-5-17(23)10-16/h3-5,10,13H,6-9,11-12H2,1-2H3. The highest BCUT2D eigenvalue weighted by Crippen LogP contribution is 2.24. The smallest absolute Gasteiger partial charge is 0.228 e. The number of benzene rings is 1. The van der Waals surface area contributed by atoms with E-state index in [1.165, 1.54) is 23.5 Å². The summed E-state index contributed by atoms with van der Waals surface area (Å²) in [5, 5.41) is 6.42. The molecule has 0 N–H and O–H groups in total. The quantitative estimate of drug-likeness (QED) is 0.607. The maximum Gasteiger partial charge on any atom is 0.228 e. The van der Waals surface area contributed by atoms with Crippen molar-refractivity contribution in [1.29, 1.82) is 0 Å². The van der Waals surface area contributed by atoms with E-state index in [9.17, 15) is 14.0 Å². The van der Waals surface area contributed by atoms with Crippen LogP contribution in [0.4, 0.5) is 4.39 Å². The van der Waals surface area contributed by atoms with Crippen LogP contribution in [0.5, 0.6) is 0 Å². The van der Waals surface area contributed by atoms with Crippen LogP contribution < -0.4 is 0 Å². The normalized spacial score (nSPS) is 14.2. The number of aromatic nitrogens is 2. The van der Waals surface area contributed by atoms with Crippen LogP contribution in [0.25, 0.3) is 10.6 Å². The number of halogens is 1. The lowest BCUT2D eigenvalue weighted by Crippen LogP contribution is -2.51. The summed E-state index contributed by atoms with van der Waals surface area (Å²) < 4.78 is 18.6. The van der Waals surface area contributed by atoms with Gasteiger partial charge < -0.3 is 14.3 Å². The maximum atomic E-state index is 13.4. The summed E-state index contributed by atoms with van der Waals surface area (Å²) in [5.74, 6) is 0.349.